The van der Waals surface area contributed by atoms with Gasteiger partial charge in [0.1, 0.15) is 0 Å². The normalized spacial score (nSPS) is 22.9. The van der Waals surface area contributed by atoms with Crippen LogP contribution in [-0.4, -0.2) is 25.0 Å². The lowest BCUT2D eigenvalue weighted by Crippen LogP contribution is -2.32. The van der Waals surface area contributed by atoms with E-state index in [2.05, 4.69) is 24.1 Å². The molecule has 1 aromatic rings. The van der Waals surface area contributed by atoms with Crippen molar-refractivity contribution in [2.45, 2.75) is 19.3 Å². The standard InChI is InChI=1S/C13H18ClN/c1-15-8-2-3-12(10-15)9-11-4-6-13(14)7-5-11/h4-7,12H,2-3,8-10H2,1H3. The summed E-state index contributed by atoms with van der Waals surface area (Å²) in [5.41, 5.74) is 1.42. The van der Waals surface area contributed by atoms with Gasteiger partial charge in [-0.1, -0.05) is 23.7 Å². The van der Waals surface area contributed by atoms with Gasteiger partial charge in [-0.15, -0.1) is 0 Å². The first-order chi connectivity index (χ1) is 7.24. The molecular weight excluding hydrogens is 206 g/mol. The summed E-state index contributed by atoms with van der Waals surface area (Å²) >= 11 is 5.87. The van der Waals surface area contributed by atoms with E-state index in [9.17, 15) is 0 Å². The molecule has 0 bridgehead atoms. The Morgan fingerprint density at radius 1 is 1.33 bits per heavy atom. The first-order valence-corrected chi connectivity index (χ1v) is 6.05. The monoisotopic (exact) mass is 223 g/mol. The molecule has 15 heavy (non-hydrogen) atoms. The van der Waals surface area contributed by atoms with Gasteiger partial charge >= 0.3 is 0 Å². The maximum Gasteiger partial charge on any atom is 0.0406 e. The molecule has 1 saturated heterocycles. The third-order valence-corrected chi connectivity index (χ3v) is 3.41. The van der Waals surface area contributed by atoms with Gasteiger partial charge in [0.2, 0.25) is 0 Å². The number of halogens is 1. The molecule has 1 heterocycles. The average molecular weight is 224 g/mol. The molecule has 0 aliphatic carbocycles. The molecule has 1 aliphatic rings. The molecule has 2 heteroatoms. The molecule has 1 fully saturated rings. The Morgan fingerprint density at radius 2 is 2.07 bits per heavy atom. The molecule has 0 N–H and O–H groups in total. The Hall–Kier alpha value is -0.530. The molecule has 82 valence electrons. The SMILES string of the molecule is CN1CCCC(Cc2ccc(Cl)cc2)C1. The Bertz CT molecular complexity index is 307. The zero-order valence-electron chi connectivity index (χ0n) is 9.25. The van der Waals surface area contributed by atoms with Crippen LogP contribution >= 0.6 is 11.6 Å². The summed E-state index contributed by atoms with van der Waals surface area (Å²) in [6.45, 7) is 2.50. The zero-order valence-corrected chi connectivity index (χ0v) is 10.0. The fourth-order valence-corrected chi connectivity index (χ4v) is 2.52. The second kappa shape index (κ2) is 5.00. The van der Waals surface area contributed by atoms with Crippen LogP contribution in [0.1, 0.15) is 18.4 Å². The van der Waals surface area contributed by atoms with Crippen molar-refractivity contribution in [1.29, 1.82) is 0 Å². The number of hydrogen-bond acceptors (Lipinski definition) is 1. The highest BCUT2D eigenvalue weighted by Crippen LogP contribution is 2.20. The van der Waals surface area contributed by atoms with Crippen LogP contribution in [0, 0.1) is 5.92 Å². The Morgan fingerprint density at radius 3 is 2.73 bits per heavy atom. The second-order valence-electron chi connectivity index (χ2n) is 4.60. The number of likely N-dealkylation sites (tertiary alicyclic amines) is 1. The predicted molar refractivity (Wildman–Crippen MR) is 65.4 cm³/mol. The van der Waals surface area contributed by atoms with Crippen molar-refractivity contribution in [2.75, 3.05) is 20.1 Å². The van der Waals surface area contributed by atoms with Gasteiger partial charge in [-0.05, 0) is 56.5 Å². The van der Waals surface area contributed by atoms with Crippen LogP contribution < -0.4 is 0 Å². The van der Waals surface area contributed by atoms with Gasteiger partial charge < -0.3 is 4.90 Å². The summed E-state index contributed by atoms with van der Waals surface area (Å²) in [5.74, 6) is 0.824. The summed E-state index contributed by atoms with van der Waals surface area (Å²) < 4.78 is 0. The van der Waals surface area contributed by atoms with E-state index in [0.717, 1.165) is 10.9 Å². The molecule has 0 radical (unpaired) electrons. The third kappa shape index (κ3) is 3.22. The highest BCUT2D eigenvalue weighted by molar-refractivity contribution is 6.30. The van der Waals surface area contributed by atoms with Gasteiger partial charge in [-0.25, -0.2) is 0 Å². The molecule has 0 spiro atoms. The lowest BCUT2D eigenvalue weighted by Gasteiger charge is -2.29. The number of benzene rings is 1. The Balaban J connectivity index is 1.93. The Labute approximate surface area is 97.0 Å². The van der Waals surface area contributed by atoms with Crippen molar-refractivity contribution < 1.29 is 0 Å². The zero-order chi connectivity index (χ0) is 10.7. The van der Waals surface area contributed by atoms with Crippen molar-refractivity contribution >= 4 is 11.6 Å². The minimum absolute atomic E-state index is 0.824. The number of rotatable bonds is 2. The number of nitrogens with zero attached hydrogens (tertiary/aromatic N) is 1. The van der Waals surface area contributed by atoms with Gasteiger partial charge in [0.25, 0.3) is 0 Å². The molecule has 1 nitrogen and oxygen atoms in total. The second-order valence-corrected chi connectivity index (χ2v) is 5.04. The molecule has 1 aliphatic heterocycles. The van der Waals surface area contributed by atoms with Crippen LogP contribution in [0.5, 0.6) is 0 Å². The molecule has 1 unspecified atom stereocenters. The molecule has 0 amide bonds. The minimum Gasteiger partial charge on any atom is -0.306 e. The van der Waals surface area contributed by atoms with Crippen LogP contribution in [0.15, 0.2) is 24.3 Å². The van der Waals surface area contributed by atoms with Gasteiger partial charge in [0.05, 0.1) is 0 Å². The van der Waals surface area contributed by atoms with Crippen LogP contribution in [-0.2, 0) is 6.42 Å². The van der Waals surface area contributed by atoms with Crippen molar-refractivity contribution in [3.63, 3.8) is 0 Å². The van der Waals surface area contributed by atoms with E-state index in [1.165, 1.54) is 37.9 Å². The lowest BCUT2D eigenvalue weighted by molar-refractivity contribution is 0.209. The Kier molecular flexibility index (Phi) is 3.66. The topological polar surface area (TPSA) is 3.24 Å². The maximum absolute atomic E-state index is 5.87. The quantitative estimate of drug-likeness (QED) is 0.744. The summed E-state index contributed by atoms with van der Waals surface area (Å²) in [5, 5.41) is 0.833. The van der Waals surface area contributed by atoms with Gasteiger partial charge in [-0.2, -0.15) is 0 Å². The smallest absolute Gasteiger partial charge is 0.0406 e. The van der Waals surface area contributed by atoms with E-state index in [-0.39, 0.29) is 0 Å². The van der Waals surface area contributed by atoms with Crippen LogP contribution in [0.25, 0.3) is 0 Å². The van der Waals surface area contributed by atoms with Gasteiger partial charge in [0.15, 0.2) is 0 Å². The fraction of sp³-hybridized carbons (Fsp3) is 0.538. The van der Waals surface area contributed by atoms with E-state index in [1.807, 2.05) is 12.1 Å². The van der Waals surface area contributed by atoms with E-state index >= 15 is 0 Å². The predicted octanol–water partition coefficient (Wildman–Crippen LogP) is 3.22. The van der Waals surface area contributed by atoms with Crippen LogP contribution in [0.2, 0.25) is 5.02 Å². The summed E-state index contributed by atoms with van der Waals surface area (Å²) in [6.07, 6.45) is 3.91. The highest BCUT2D eigenvalue weighted by Gasteiger charge is 2.17. The molecule has 1 atom stereocenters. The summed E-state index contributed by atoms with van der Waals surface area (Å²) in [6, 6.07) is 8.28. The molecular formula is C13H18ClN. The largest absolute Gasteiger partial charge is 0.306 e. The van der Waals surface area contributed by atoms with Crippen molar-refractivity contribution in [3.8, 4) is 0 Å². The van der Waals surface area contributed by atoms with Crippen LogP contribution in [0.4, 0.5) is 0 Å². The van der Waals surface area contributed by atoms with E-state index < -0.39 is 0 Å². The van der Waals surface area contributed by atoms with Crippen molar-refractivity contribution in [2.24, 2.45) is 5.92 Å². The van der Waals surface area contributed by atoms with Crippen molar-refractivity contribution in [3.05, 3.63) is 34.9 Å². The average Bonchev–Trinajstić information content (AvgIpc) is 2.22. The molecule has 1 aromatic carbocycles. The molecule has 0 saturated carbocycles. The number of piperidine rings is 1. The fourth-order valence-electron chi connectivity index (χ4n) is 2.39. The van der Waals surface area contributed by atoms with Crippen molar-refractivity contribution in [1.82, 2.24) is 4.90 Å². The summed E-state index contributed by atoms with van der Waals surface area (Å²) in [4.78, 5) is 2.43. The highest BCUT2D eigenvalue weighted by atomic mass is 35.5. The van der Waals surface area contributed by atoms with E-state index in [4.69, 9.17) is 11.6 Å². The maximum atomic E-state index is 5.87. The third-order valence-electron chi connectivity index (χ3n) is 3.16. The van der Waals surface area contributed by atoms with E-state index in [1.54, 1.807) is 0 Å². The summed E-state index contributed by atoms with van der Waals surface area (Å²) in [7, 11) is 2.22. The first-order valence-electron chi connectivity index (χ1n) is 5.67. The molecule has 0 aromatic heterocycles. The molecule has 2 rings (SSSR count). The van der Waals surface area contributed by atoms with Gasteiger partial charge in [-0.3, -0.25) is 0 Å². The minimum atomic E-state index is 0.824. The van der Waals surface area contributed by atoms with E-state index in [0.29, 0.717) is 0 Å². The van der Waals surface area contributed by atoms with Gasteiger partial charge in [0, 0.05) is 11.6 Å². The lowest BCUT2D eigenvalue weighted by atomic mass is 9.92. The van der Waals surface area contributed by atoms with Crippen LogP contribution in [0.3, 0.4) is 0 Å². The number of hydrogen-bond donors (Lipinski definition) is 0. The first kappa shape index (κ1) is 11.0.